The molecule has 0 radical (unpaired) electrons. The van der Waals surface area contributed by atoms with E-state index in [0.717, 1.165) is 5.56 Å². The van der Waals surface area contributed by atoms with Crippen molar-refractivity contribution in [3.8, 4) is 0 Å². The van der Waals surface area contributed by atoms with Gasteiger partial charge in [0.2, 0.25) is 0 Å². The first-order valence-corrected chi connectivity index (χ1v) is 5.97. The number of alkyl halides is 2. The maximum absolute atomic E-state index is 12.7. The number of hydrogen-bond donors (Lipinski definition) is 0. The van der Waals surface area contributed by atoms with Gasteiger partial charge in [-0.2, -0.15) is 0 Å². The first-order chi connectivity index (χ1) is 8.19. The van der Waals surface area contributed by atoms with Crippen LogP contribution < -0.4 is 0 Å². The third-order valence-corrected chi connectivity index (χ3v) is 3.11. The number of halogens is 2. The van der Waals surface area contributed by atoms with E-state index in [1.165, 1.54) is 4.90 Å². The number of nitrogens with zero attached hydrogens (tertiary/aromatic N) is 1. The minimum atomic E-state index is -2.71. The minimum absolute atomic E-state index is 0.0603. The molecule has 1 amide bonds. The Labute approximate surface area is 106 Å². The van der Waals surface area contributed by atoms with Crippen LogP contribution in [0, 0.1) is 0 Å². The number of carbonyl (C=O) groups is 1. The molecule has 1 heterocycles. The summed E-state index contributed by atoms with van der Waals surface area (Å²) >= 11 is 0. The summed E-state index contributed by atoms with van der Waals surface area (Å²) in [6.07, 6.45) is 0. The van der Waals surface area contributed by atoms with Crippen molar-refractivity contribution in [2.45, 2.75) is 32.1 Å². The first kappa shape index (κ1) is 13.0. The van der Waals surface area contributed by atoms with Gasteiger partial charge in [0.25, 0.3) is 11.8 Å². The minimum Gasteiger partial charge on any atom is -0.326 e. The van der Waals surface area contributed by atoms with E-state index in [-0.39, 0.29) is 11.3 Å². The fourth-order valence-electron chi connectivity index (χ4n) is 1.96. The zero-order chi connectivity index (χ0) is 13.6. The van der Waals surface area contributed by atoms with Crippen LogP contribution >= 0.6 is 0 Å². The molecule has 0 aliphatic carbocycles. The molecule has 1 aromatic rings. The summed E-state index contributed by atoms with van der Waals surface area (Å²) in [6.45, 7) is 5.22. The van der Waals surface area contributed by atoms with Gasteiger partial charge in [-0.05, 0) is 23.1 Å². The molecule has 1 fully saturated rings. The van der Waals surface area contributed by atoms with Crippen LogP contribution in [0.4, 0.5) is 8.78 Å². The van der Waals surface area contributed by atoms with Crippen LogP contribution in [0.2, 0.25) is 0 Å². The van der Waals surface area contributed by atoms with Crippen LogP contribution in [-0.4, -0.2) is 29.8 Å². The summed E-state index contributed by atoms with van der Waals surface area (Å²) in [6, 6.07) is 7.21. The first-order valence-electron chi connectivity index (χ1n) is 5.97. The monoisotopic (exact) mass is 253 g/mol. The lowest BCUT2D eigenvalue weighted by Crippen LogP contribution is -2.58. The second kappa shape index (κ2) is 4.04. The molecule has 0 saturated carbocycles. The van der Waals surface area contributed by atoms with Crippen molar-refractivity contribution >= 4 is 5.91 Å². The Bertz CT molecular complexity index is 469. The highest BCUT2D eigenvalue weighted by molar-refractivity contribution is 5.95. The number of amides is 1. The molecule has 0 N–H and O–H groups in total. The molecule has 1 aromatic carbocycles. The molecule has 1 aliphatic rings. The molecule has 0 spiro atoms. The van der Waals surface area contributed by atoms with Gasteiger partial charge < -0.3 is 4.90 Å². The van der Waals surface area contributed by atoms with Gasteiger partial charge in [0.15, 0.2) is 0 Å². The number of carbonyl (C=O) groups excluding carboxylic acids is 1. The van der Waals surface area contributed by atoms with Crippen molar-refractivity contribution < 1.29 is 13.6 Å². The predicted molar refractivity (Wildman–Crippen MR) is 66.0 cm³/mol. The molecule has 1 aliphatic heterocycles. The Balaban J connectivity index is 2.17. The molecule has 0 atom stereocenters. The van der Waals surface area contributed by atoms with Crippen molar-refractivity contribution in [3.63, 3.8) is 0 Å². The Morgan fingerprint density at radius 2 is 1.89 bits per heavy atom. The van der Waals surface area contributed by atoms with Gasteiger partial charge in [-0.3, -0.25) is 4.79 Å². The van der Waals surface area contributed by atoms with Crippen LogP contribution in [0.5, 0.6) is 0 Å². The molecule has 0 bridgehead atoms. The SMILES string of the molecule is CC(C)(C)c1cccc(C(=O)N2CC(F)(F)C2)c1. The number of likely N-dealkylation sites (tertiary alicyclic amines) is 1. The summed E-state index contributed by atoms with van der Waals surface area (Å²) < 4.78 is 25.5. The van der Waals surface area contributed by atoms with Crippen LogP contribution in [0.15, 0.2) is 24.3 Å². The molecular weight excluding hydrogens is 236 g/mol. The largest absolute Gasteiger partial charge is 0.326 e. The standard InChI is InChI=1S/C14H17F2NO/c1-13(2,3)11-6-4-5-10(7-11)12(18)17-8-14(15,16)9-17/h4-7H,8-9H2,1-3H3. The number of benzene rings is 1. The Morgan fingerprint density at radius 1 is 1.28 bits per heavy atom. The Hall–Kier alpha value is -1.45. The van der Waals surface area contributed by atoms with E-state index in [1.54, 1.807) is 18.2 Å². The van der Waals surface area contributed by atoms with E-state index >= 15 is 0 Å². The zero-order valence-corrected chi connectivity index (χ0v) is 10.8. The molecule has 18 heavy (non-hydrogen) atoms. The van der Waals surface area contributed by atoms with Crippen LogP contribution in [-0.2, 0) is 5.41 Å². The number of hydrogen-bond acceptors (Lipinski definition) is 1. The highest BCUT2D eigenvalue weighted by Crippen LogP contribution is 2.29. The normalized spacial score (nSPS) is 18.4. The van der Waals surface area contributed by atoms with E-state index in [0.29, 0.717) is 5.56 Å². The van der Waals surface area contributed by atoms with E-state index in [1.807, 2.05) is 26.8 Å². The predicted octanol–water partition coefficient (Wildman–Crippen LogP) is 3.08. The van der Waals surface area contributed by atoms with Crippen LogP contribution in [0.25, 0.3) is 0 Å². The topological polar surface area (TPSA) is 20.3 Å². The van der Waals surface area contributed by atoms with Crippen LogP contribution in [0.1, 0.15) is 36.7 Å². The quantitative estimate of drug-likeness (QED) is 0.753. The second-order valence-corrected chi connectivity index (χ2v) is 5.85. The third-order valence-electron chi connectivity index (χ3n) is 3.11. The average Bonchev–Trinajstić information content (AvgIpc) is 2.24. The summed E-state index contributed by atoms with van der Waals surface area (Å²) in [5, 5.41) is 0. The lowest BCUT2D eigenvalue weighted by Gasteiger charge is -2.38. The van der Waals surface area contributed by atoms with Crippen molar-refractivity contribution in [3.05, 3.63) is 35.4 Å². The van der Waals surface area contributed by atoms with E-state index < -0.39 is 19.0 Å². The second-order valence-electron chi connectivity index (χ2n) is 5.85. The summed E-state index contributed by atoms with van der Waals surface area (Å²) in [4.78, 5) is 13.2. The average molecular weight is 253 g/mol. The highest BCUT2D eigenvalue weighted by atomic mass is 19.3. The number of rotatable bonds is 1. The van der Waals surface area contributed by atoms with Gasteiger partial charge in [-0.25, -0.2) is 8.78 Å². The van der Waals surface area contributed by atoms with Crippen molar-refractivity contribution in [2.75, 3.05) is 13.1 Å². The van der Waals surface area contributed by atoms with Gasteiger partial charge in [-0.1, -0.05) is 32.9 Å². The van der Waals surface area contributed by atoms with Gasteiger partial charge in [0.1, 0.15) is 0 Å². The zero-order valence-electron chi connectivity index (χ0n) is 10.8. The fourth-order valence-corrected chi connectivity index (χ4v) is 1.96. The molecule has 98 valence electrons. The van der Waals surface area contributed by atoms with Crippen molar-refractivity contribution in [1.29, 1.82) is 0 Å². The Kier molecular flexibility index (Phi) is 2.92. The van der Waals surface area contributed by atoms with Crippen molar-refractivity contribution in [2.24, 2.45) is 0 Å². The van der Waals surface area contributed by atoms with Crippen molar-refractivity contribution in [1.82, 2.24) is 4.90 Å². The van der Waals surface area contributed by atoms with Crippen LogP contribution in [0.3, 0.4) is 0 Å². The maximum atomic E-state index is 12.7. The van der Waals surface area contributed by atoms with Gasteiger partial charge in [0, 0.05) is 5.56 Å². The smallest absolute Gasteiger partial charge is 0.282 e. The Morgan fingerprint density at radius 3 is 2.39 bits per heavy atom. The van der Waals surface area contributed by atoms with E-state index in [4.69, 9.17) is 0 Å². The summed E-state index contributed by atoms with van der Waals surface area (Å²) in [5.41, 5.74) is 1.45. The van der Waals surface area contributed by atoms with E-state index in [2.05, 4.69) is 0 Å². The van der Waals surface area contributed by atoms with E-state index in [9.17, 15) is 13.6 Å². The molecule has 0 aromatic heterocycles. The molecule has 2 nitrogen and oxygen atoms in total. The molecular formula is C14H17F2NO. The third kappa shape index (κ3) is 2.52. The van der Waals surface area contributed by atoms with Gasteiger partial charge in [-0.15, -0.1) is 0 Å². The van der Waals surface area contributed by atoms with Gasteiger partial charge >= 0.3 is 0 Å². The van der Waals surface area contributed by atoms with Gasteiger partial charge in [0.05, 0.1) is 13.1 Å². The fraction of sp³-hybridized carbons (Fsp3) is 0.500. The molecule has 0 unspecified atom stereocenters. The summed E-state index contributed by atoms with van der Waals surface area (Å²) in [7, 11) is 0. The lowest BCUT2D eigenvalue weighted by molar-refractivity contribution is -0.113. The molecule has 4 heteroatoms. The lowest BCUT2D eigenvalue weighted by atomic mass is 9.86. The molecule has 2 rings (SSSR count). The maximum Gasteiger partial charge on any atom is 0.282 e. The highest BCUT2D eigenvalue weighted by Gasteiger charge is 2.46. The molecule has 1 saturated heterocycles. The summed E-state index contributed by atoms with van der Waals surface area (Å²) in [5.74, 6) is -3.02.